The highest BCUT2D eigenvalue weighted by atomic mass is 32.2. The van der Waals surface area contributed by atoms with Gasteiger partial charge in [0.1, 0.15) is 17.6 Å². The van der Waals surface area contributed by atoms with E-state index >= 15 is 0 Å². The highest BCUT2D eigenvalue weighted by molar-refractivity contribution is 7.88. The molecule has 0 spiro atoms. The number of carbonyl (C=O) groups excluding carboxylic acids is 2. The van der Waals surface area contributed by atoms with Gasteiger partial charge in [0, 0.05) is 12.1 Å². The molecule has 2 aliphatic carbocycles. The number of carbonyl (C=O) groups is 2. The highest BCUT2D eigenvalue weighted by Crippen LogP contribution is 2.61. The molecular formula is C33H37F3N4O6S. The Labute approximate surface area is 271 Å². The van der Waals surface area contributed by atoms with Crippen LogP contribution in [-0.4, -0.2) is 60.5 Å². The van der Waals surface area contributed by atoms with Gasteiger partial charge in [0.05, 0.1) is 25.0 Å². The molecule has 2 N–H and O–H groups in total. The van der Waals surface area contributed by atoms with Crippen molar-refractivity contribution in [3.8, 4) is 28.1 Å². The van der Waals surface area contributed by atoms with Gasteiger partial charge >= 0.3 is 21.7 Å². The maximum Gasteiger partial charge on any atom is 0.534 e. The lowest BCUT2D eigenvalue weighted by atomic mass is 9.85. The molecule has 0 radical (unpaired) electrons. The van der Waals surface area contributed by atoms with Crippen molar-refractivity contribution in [2.45, 2.75) is 75.9 Å². The van der Waals surface area contributed by atoms with Crippen LogP contribution in [-0.2, 0) is 19.6 Å². The molecule has 2 heterocycles. The number of aromatic nitrogens is 2. The molecule has 3 unspecified atom stereocenters. The zero-order valence-corrected chi connectivity index (χ0v) is 27.2. The zero-order chi connectivity index (χ0) is 33.8. The number of hydrogen-bond acceptors (Lipinski definition) is 7. The Kier molecular flexibility index (Phi) is 8.52. The fourth-order valence-electron chi connectivity index (χ4n) is 7.54. The number of rotatable bonds is 8. The van der Waals surface area contributed by atoms with E-state index in [1.54, 1.807) is 17.2 Å². The predicted octanol–water partition coefficient (Wildman–Crippen LogP) is 6.63. The fraction of sp³-hybridized carbons (Fsp3) is 0.485. The quantitative estimate of drug-likeness (QED) is 0.203. The number of nitrogens with one attached hydrogen (secondary N) is 2. The van der Waals surface area contributed by atoms with E-state index < -0.39 is 27.8 Å². The van der Waals surface area contributed by atoms with Gasteiger partial charge in [-0.3, -0.25) is 4.79 Å². The average Bonchev–Trinajstić information content (AvgIpc) is 3.83. The average molecular weight is 675 g/mol. The van der Waals surface area contributed by atoms with E-state index in [1.807, 2.05) is 45.0 Å². The molecule has 1 saturated carbocycles. The summed E-state index contributed by atoms with van der Waals surface area (Å²) in [6.07, 6.45) is 4.19. The number of amides is 2. The molecule has 3 aliphatic rings. The maximum atomic E-state index is 13.5. The van der Waals surface area contributed by atoms with Crippen molar-refractivity contribution in [1.29, 1.82) is 0 Å². The Bertz CT molecular complexity index is 1790. The summed E-state index contributed by atoms with van der Waals surface area (Å²) in [5, 5.41) is 2.65. The second-order valence-electron chi connectivity index (χ2n) is 12.9. The molecule has 14 heteroatoms. The minimum Gasteiger partial charge on any atom is -0.453 e. The van der Waals surface area contributed by atoms with Crippen LogP contribution in [0, 0.1) is 11.8 Å². The van der Waals surface area contributed by atoms with Crippen LogP contribution in [0.15, 0.2) is 42.6 Å². The number of likely N-dealkylation sites (tertiary alicyclic amines) is 1. The number of nitrogens with zero attached hydrogens (tertiary/aromatic N) is 2. The molecule has 2 aromatic carbocycles. The number of alkyl halides is 3. The van der Waals surface area contributed by atoms with E-state index in [-0.39, 0.29) is 41.4 Å². The monoisotopic (exact) mass is 674 g/mol. The normalized spacial score (nSPS) is 22.8. The smallest absolute Gasteiger partial charge is 0.453 e. The molecular weight excluding hydrogens is 637 g/mol. The molecule has 5 atom stereocenters. The van der Waals surface area contributed by atoms with Crippen LogP contribution in [0.2, 0.25) is 0 Å². The topological polar surface area (TPSA) is 131 Å². The molecule has 1 aliphatic heterocycles. The first-order chi connectivity index (χ1) is 22.2. The van der Waals surface area contributed by atoms with Gasteiger partial charge in [-0.25, -0.2) is 9.78 Å². The van der Waals surface area contributed by atoms with Crippen molar-refractivity contribution in [3.63, 3.8) is 0 Å². The van der Waals surface area contributed by atoms with Crippen molar-refractivity contribution in [3.05, 3.63) is 59.5 Å². The standard InChI is InChI=1S/C33H37F3N4O6S/c1-17(2)29(39-32(42)45-4)31(41)40-15-5-6-25(40)30-37-16-24(38-30)20-9-7-19(8-10-20)23-13-14-26(46-47(43,44)33(34,35)36)28-22-12-11-21(18(22)3)27(23)28/h7-10,13-14,16-18,21-22,25,29H,5-6,11-12,15H2,1-4H3,(H,37,38)(H,39,42)/t18?,21?,22?,25-,29-/m0/s1. The summed E-state index contributed by atoms with van der Waals surface area (Å²) in [4.78, 5) is 35.1. The van der Waals surface area contributed by atoms with Crippen LogP contribution in [0.3, 0.4) is 0 Å². The number of H-pyrrole nitrogens is 1. The maximum absolute atomic E-state index is 13.5. The van der Waals surface area contributed by atoms with Gasteiger partial charge in [-0.05, 0) is 77.7 Å². The number of methoxy groups -OCH3 is 1. The molecule has 2 bridgehead atoms. The van der Waals surface area contributed by atoms with Crippen molar-refractivity contribution < 1.29 is 40.1 Å². The number of benzene rings is 2. The number of ether oxygens (including phenoxy) is 1. The van der Waals surface area contributed by atoms with Gasteiger partial charge in [0.15, 0.2) is 0 Å². The lowest BCUT2D eigenvalue weighted by Crippen LogP contribution is -2.51. The van der Waals surface area contributed by atoms with E-state index in [4.69, 9.17) is 4.74 Å². The SMILES string of the molecule is COC(=O)N[C@H](C(=O)N1CCC[C@H]1c1ncc(-c2ccc(-c3ccc(OS(=O)(=O)C(F)(F)F)c4c3C3CCC4C3C)cc2)[nH]1)C(C)C. The summed E-state index contributed by atoms with van der Waals surface area (Å²) >= 11 is 0. The zero-order valence-electron chi connectivity index (χ0n) is 26.4. The first-order valence-electron chi connectivity index (χ1n) is 15.7. The summed E-state index contributed by atoms with van der Waals surface area (Å²) in [6.45, 7) is 6.30. The molecule has 6 rings (SSSR count). The van der Waals surface area contributed by atoms with Crippen molar-refractivity contribution in [2.75, 3.05) is 13.7 Å². The summed E-state index contributed by atoms with van der Waals surface area (Å²) in [5.41, 5.74) is -0.829. The lowest BCUT2D eigenvalue weighted by molar-refractivity contribution is -0.135. The predicted molar refractivity (Wildman–Crippen MR) is 167 cm³/mol. The molecule has 1 aromatic heterocycles. The Morgan fingerprint density at radius 1 is 1.02 bits per heavy atom. The van der Waals surface area contributed by atoms with Gasteiger partial charge in [0.2, 0.25) is 5.91 Å². The van der Waals surface area contributed by atoms with Crippen LogP contribution >= 0.6 is 0 Å². The third-order valence-electron chi connectivity index (χ3n) is 9.88. The molecule has 2 amide bonds. The van der Waals surface area contributed by atoms with Crippen molar-refractivity contribution in [1.82, 2.24) is 20.2 Å². The van der Waals surface area contributed by atoms with Crippen LogP contribution in [0.1, 0.15) is 81.3 Å². The van der Waals surface area contributed by atoms with Crippen LogP contribution in [0.5, 0.6) is 5.75 Å². The first kappa shape index (κ1) is 32.9. The largest absolute Gasteiger partial charge is 0.534 e. The number of fused-ring (bicyclic) bond motifs is 5. The summed E-state index contributed by atoms with van der Waals surface area (Å²) < 4.78 is 72.6. The second-order valence-corrected chi connectivity index (χ2v) is 14.4. The van der Waals surface area contributed by atoms with E-state index in [0.717, 1.165) is 53.6 Å². The van der Waals surface area contributed by atoms with E-state index in [2.05, 4.69) is 19.5 Å². The van der Waals surface area contributed by atoms with Gasteiger partial charge in [-0.2, -0.15) is 21.6 Å². The molecule has 252 valence electrons. The Morgan fingerprint density at radius 2 is 1.68 bits per heavy atom. The Hall–Kier alpha value is -4.07. The molecule has 47 heavy (non-hydrogen) atoms. The second kappa shape index (κ2) is 12.2. The van der Waals surface area contributed by atoms with Gasteiger partial charge in [0.25, 0.3) is 0 Å². The summed E-state index contributed by atoms with van der Waals surface area (Å²) in [5.74, 6) is 0.212. The number of halogens is 3. The number of hydrogen-bond donors (Lipinski definition) is 2. The van der Waals surface area contributed by atoms with E-state index in [9.17, 15) is 31.2 Å². The van der Waals surface area contributed by atoms with Crippen LogP contribution in [0.4, 0.5) is 18.0 Å². The highest BCUT2D eigenvalue weighted by Gasteiger charge is 2.51. The third kappa shape index (κ3) is 5.85. The minimum atomic E-state index is -5.80. The first-order valence-corrected chi connectivity index (χ1v) is 17.1. The van der Waals surface area contributed by atoms with Gasteiger partial charge in [-0.15, -0.1) is 0 Å². The van der Waals surface area contributed by atoms with Crippen LogP contribution < -0.4 is 9.50 Å². The summed E-state index contributed by atoms with van der Waals surface area (Å²) in [6, 6.07) is 9.64. The van der Waals surface area contributed by atoms with Crippen molar-refractivity contribution in [2.24, 2.45) is 11.8 Å². The van der Waals surface area contributed by atoms with Gasteiger partial charge < -0.3 is 24.1 Å². The molecule has 3 aromatic rings. The van der Waals surface area contributed by atoms with E-state index in [1.165, 1.54) is 13.2 Å². The molecule has 10 nitrogen and oxygen atoms in total. The number of imidazole rings is 1. The molecule has 1 saturated heterocycles. The fourth-order valence-corrected chi connectivity index (χ4v) is 8.02. The third-order valence-corrected chi connectivity index (χ3v) is 10.8. The van der Waals surface area contributed by atoms with Crippen LogP contribution in [0.25, 0.3) is 22.4 Å². The Balaban J connectivity index is 1.25. The van der Waals surface area contributed by atoms with Crippen molar-refractivity contribution >= 4 is 22.1 Å². The lowest BCUT2D eigenvalue weighted by Gasteiger charge is -2.30. The number of aromatic amines is 1. The minimum absolute atomic E-state index is 0.0785. The molecule has 2 fully saturated rings. The summed E-state index contributed by atoms with van der Waals surface area (Å²) in [7, 11) is -4.54. The number of alkyl carbamates (subject to hydrolysis) is 1. The van der Waals surface area contributed by atoms with Gasteiger partial charge in [-0.1, -0.05) is 51.1 Å². The van der Waals surface area contributed by atoms with E-state index in [0.29, 0.717) is 17.9 Å². The Morgan fingerprint density at radius 3 is 2.32 bits per heavy atom.